The normalized spacial score (nSPS) is 12.4. The SMILES string of the molecule is CCNC(C)c1csc(Nc2ccc(OCC(C)C)cc2)n1. The van der Waals surface area contributed by atoms with Gasteiger partial charge in [-0.2, -0.15) is 0 Å². The van der Waals surface area contributed by atoms with Gasteiger partial charge in [0.05, 0.1) is 12.3 Å². The number of ether oxygens (including phenoxy) is 1. The highest BCUT2D eigenvalue weighted by atomic mass is 32.1. The molecule has 1 aromatic carbocycles. The summed E-state index contributed by atoms with van der Waals surface area (Å²) in [4.78, 5) is 4.62. The standard InChI is InChI=1S/C17H25N3OS/c1-5-18-13(4)16-11-22-17(20-16)19-14-6-8-15(9-7-14)21-10-12(2)3/h6-9,11-13,18H,5,10H2,1-4H3,(H,19,20). The van der Waals surface area contributed by atoms with E-state index in [9.17, 15) is 0 Å². The second kappa shape index (κ2) is 8.15. The molecule has 1 aromatic heterocycles. The van der Waals surface area contributed by atoms with Crippen LogP contribution in [0.4, 0.5) is 10.8 Å². The summed E-state index contributed by atoms with van der Waals surface area (Å²) >= 11 is 1.62. The molecule has 0 saturated heterocycles. The first-order valence-electron chi connectivity index (χ1n) is 7.77. The van der Waals surface area contributed by atoms with Crippen LogP contribution in [0.3, 0.4) is 0 Å². The van der Waals surface area contributed by atoms with E-state index in [0.717, 1.165) is 35.4 Å². The molecule has 5 heteroatoms. The summed E-state index contributed by atoms with van der Waals surface area (Å²) in [6.07, 6.45) is 0. The Hall–Kier alpha value is -1.59. The molecular formula is C17H25N3OS. The molecule has 120 valence electrons. The molecule has 0 bridgehead atoms. The van der Waals surface area contributed by atoms with Crippen LogP contribution in [-0.4, -0.2) is 18.1 Å². The molecule has 22 heavy (non-hydrogen) atoms. The van der Waals surface area contributed by atoms with Crippen LogP contribution < -0.4 is 15.4 Å². The third-order valence-corrected chi connectivity index (χ3v) is 3.94. The summed E-state index contributed by atoms with van der Waals surface area (Å²) < 4.78 is 5.69. The van der Waals surface area contributed by atoms with Crippen LogP contribution in [0.1, 0.15) is 39.4 Å². The molecule has 1 unspecified atom stereocenters. The fourth-order valence-corrected chi connectivity index (χ4v) is 2.80. The molecule has 0 aliphatic rings. The molecule has 0 radical (unpaired) electrons. The second-order valence-corrected chi connectivity index (χ2v) is 6.57. The third-order valence-electron chi connectivity index (χ3n) is 3.16. The zero-order chi connectivity index (χ0) is 15.9. The van der Waals surface area contributed by atoms with E-state index in [-0.39, 0.29) is 6.04 Å². The number of hydrogen-bond acceptors (Lipinski definition) is 5. The number of nitrogens with one attached hydrogen (secondary N) is 2. The summed E-state index contributed by atoms with van der Waals surface area (Å²) in [6, 6.07) is 8.29. The lowest BCUT2D eigenvalue weighted by Crippen LogP contribution is -2.17. The molecule has 0 fully saturated rings. The van der Waals surface area contributed by atoms with E-state index in [4.69, 9.17) is 4.74 Å². The van der Waals surface area contributed by atoms with Gasteiger partial charge in [0.1, 0.15) is 5.75 Å². The predicted molar refractivity (Wildman–Crippen MR) is 94.3 cm³/mol. The lowest BCUT2D eigenvalue weighted by Gasteiger charge is -2.10. The number of aromatic nitrogens is 1. The molecule has 0 spiro atoms. The number of hydrogen-bond donors (Lipinski definition) is 2. The van der Waals surface area contributed by atoms with Crippen LogP contribution in [0, 0.1) is 5.92 Å². The van der Waals surface area contributed by atoms with Crippen LogP contribution in [0.2, 0.25) is 0 Å². The Bertz CT molecular complexity index is 566. The first-order valence-corrected chi connectivity index (χ1v) is 8.65. The van der Waals surface area contributed by atoms with Gasteiger partial charge in [0.25, 0.3) is 0 Å². The van der Waals surface area contributed by atoms with Crippen LogP contribution in [0.25, 0.3) is 0 Å². The second-order valence-electron chi connectivity index (χ2n) is 5.71. The van der Waals surface area contributed by atoms with Gasteiger partial charge in [0.2, 0.25) is 0 Å². The van der Waals surface area contributed by atoms with Crippen molar-refractivity contribution in [1.29, 1.82) is 0 Å². The summed E-state index contributed by atoms with van der Waals surface area (Å²) in [6.45, 7) is 10.2. The highest BCUT2D eigenvalue weighted by Crippen LogP contribution is 2.25. The van der Waals surface area contributed by atoms with E-state index < -0.39 is 0 Å². The Balaban J connectivity index is 1.93. The van der Waals surface area contributed by atoms with Crippen LogP contribution in [0.15, 0.2) is 29.6 Å². The molecule has 1 heterocycles. The van der Waals surface area contributed by atoms with Crippen molar-refractivity contribution in [2.45, 2.75) is 33.7 Å². The molecule has 1 atom stereocenters. The average Bonchev–Trinajstić information content (AvgIpc) is 2.95. The van der Waals surface area contributed by atoms with Gasteiger partial charge in [-0.1, -0.05) is 20.8 Å². The lowest BCUT2D eigenvalue weighted by atomic mass is 10.2. The molecule has 0 amide bonds. The molecule has 2 N–H and O–H groups in total. The Kier molecular flexibility index (Phi) is 6.21. The van der Waals surface area contributed by atoms with Crippen molar-refractivity contribution in [2.24, 2.45) is 5.92 Å². The Morgan fingerprint density at radius 1 is 1.18 bits per heavy atom. The van der Waals surface area contributed by atoms with Gasteiger partial charge in [0, 0.05) is 17.1 Å². The summed E-state index contributed by atoms with van der Waals surface area (Å²) in [5, 5.41) is 9.71. The number of thiazole rings is 1. The van der Waals surface area contributed by atoms with Crippen molar-refractivity contribution in [2.75, 3.05) is 18.5 Å². The summed E-state index contributed by atoms with van der Waals surface area (Å²) in [5.74, 6) is 1.44. The number of benzene rings is 1. The lowest BCUT2D eigenvalue weighted by molar-refractivity contribution is 0.271. The third kappa shape index (κ3) is 5.00. The van der Waals surface area contributed by atoms with Gasteiger partial charge in [-0.25, -0.2) is 4.98 Å². The predicted octanol–water partition coefficient (Wildman–Crippen LogP) is 4.59. The van der Waals surface area contributed by atoms with Gasteiger partial charge in [-0.05, 0) is 43.7 Å². The number of anilines is 2. The molecule has 2 rings (SSSR count). The van der Waals surface area contributed by atoms with Crippen molar-refractivity contribution in [3.8, 4) is 5.75 Å². The number of rotatable bonds is 8. The average molecular weight is 319 g/mol. The first-order chi connectivity index (χ1) is 10.6. The zero-order valence-electron chi connectivity index (χ0n) is 13.7. The largest absolute Gasteiger partial charge is 0.493 e. The molecule has 2 aromatic rings. The fraction of sp³-hybridized carbons (Fsp3) is 0.471. The minimum Gasteiger partial charge on any atom is -0.493 e. The fourth-order valence-electron chi connectivity index (χ4n) is 1.97. The van der Waals surface area contributed by atoms with Crippen LogP contribution >= 0.6 is 11.3 Å². The van der Waals surface area contributed by atoms with E-state index in [0.29, 0.717) is 5.92 Å². The minimum atomic E-state index is 0.281. The van der Waals surface area contributed by atoms with Crippen molar-refractivity contribution >= 4 is 22.2 Å². The Morgan fingerprint density at radius 3 is 2.55 bits per heavy atom. The van der Waals surface area contributed by atoms with E-state index in [1.54, 1.807) is 11.3 Å². The maximum atomic E-state index is 5.69. The van der Waals surface area contributed by atoms with Crippen molar-refractivity contribution in [3.63, 3.8) is 0 Å². The summed E-state index contributed by atoms with van der Waals surface area (Å²) in [7, 11) is 0. The Morgan fingerprint density at radius 2 is 1.91 bits per heavy atom. The van der Waals surface area contributed by atoms with Crippen LogP contribution in [0.5, 0.6) is 5.75 Å². The highest BCUT2D eigenvalue weighted by molar-refractivity contribution is 7.13. The van der Waals surface area contributed by atoms with E-state index in [1.807, 2.05) is 24.3 Å². The monoisotopic (exact) mass is 319 g/mol. The number of nitrogens with zero attached hydrogens (tertiary/aromatic N) is 1. The molecule has 0 aliphatic heterocycles. The zero-order valence-corrected chi connectivity index (χ0v) is 14.5. The maximum Gasteiger partial charge on any atom is 0.187 e. The molecule has 4 nitrogen and oxygen atoms in total. The van der Waals surface area contributed by atoms with Gasteiger partial charge in [0.15, 0.2) is 5.13 Å². The Labute approximate surface area is 136 Å². The first kappa shape index (κ1) is 16.8. The molecule has 0 aliphatic carbocycles. The minimum absolute atomic E-state index is 0.281. The molecule has 0 saturated carbocycles. The van der Waals surface area contributed by atoms with Crippen molar-refractivity contribution in [1.82, 2.24) is 10.3 Å². The van der Waals surface area contributed by atoms with Crippen molar-refractivity contribution < 1.29 is 4.74 Å². The quantitative estimate of drug-likeness (QED) is 0.747. The highest BCUT2D eigenvalue weighted by Gasteiger charge is 2.09. The van der Waals surface area contributed by atoms with Gasteiger partial charge >= 0.3 is 0 Å². The van der Waals surface area contributed by atoms with Gasteiger partial charge in [-0.15, -0.1) is 11.3 Å². The summed E-state index contributed by atoms with van der Waals surface area (Å²) in [5.41, 5.74) is 2.10. The van der Waals surface area contributed by atoms with Crippen LogP contribution in [-0.2, 0) is 0 Å². The van der Waals surface area contributed by atoms with Gasteiger partial charge in [-0.3, -0.25) is 0 Å². The van der Waals surface area contributed by atoms with E-state index in [2.05, 4.69) is 48.7 Å². The molecular weight excluding hydrogens is 294 g/mol. The van der Waals surface area contributed by atoms with E-state index in [1.165, 1.54) is 0 Å². The maximum absolute atomic E-state index is 5.69. The van der Waals surface area contributed by atoms with E-state index >= 15 is 0 Å². The van der Waals surface area contributed by atoms with Gasteiger partial charge < -0.3 is 15.4 Å². The smallest absolute Gasteiger partial charge is 0.187 e. The topological polar surface area (TPSA) is 46.2 Å². The van der Waals surface area contributed by atoms with Crippen molar-refractivity contribution in [3.05, 3.63) is 35.3 Å².